The number of hydrogen-bond acceptors (Lipinski definition) is 3. The fourth-order valence-electron chi connectivity index (χ4n) is 2.22. The van der Waals surface area contributed by atoms with E-state index in [0.717, 1.165) is 29.6 Å². The second-order valence-corrected chi connectivity index (χ2v) is 5.10. The summed E-state index contributed by atoms with van der Waals surface area (Å²) in [4.78, 5) is 11.8. The molecule has 0 fully saturated rings. The van der Waals surface area contributed by atoms with Crippen molar-refractivity contribution in [3.05, 3.63) is 35.0 Å². The molecule has 2 N–H and O–H groups in total. The van der Waals surface area contributed by atoms with Crippen LogP contribution in [-0.2, 0) is 17.9 Å². The molecule has 1 aromatic heterocycles. The van der Waals surface area contributed by atoms with E-state index >= 15 is 0 Å². The van der Waals surface area contributed by atoms with Gasteiger partial charge in [0.25, 0.3) is 0 Å². The monoisotopic (exact) mass is 304 g/mol. The zero-order chi connectivity index (χ0) is 15.2. The molecule has 0 atom stereocenters. The van der Waals surface area contributed by atoms with Gasteiger partial charge in [0.1, 0.15) is 13.1 Å². The van der Waals surface area contributed by atoms with Crippen LogP contribution in [0.4, 0.5) is 0 Å². The van der Waals surface area contributed by atoms with Crippen LogP contribution in [0.25, 0.3) is 10.9 Å². The maximum atomic E-state index is 11.8. The summed E-state index contributed by atoms with van der Waals surface area (Å²) in [5.41, 5.74) is 2.04. The molecule has 0 saturated carbocycles. The van der Waals surface area contributed by atoms with Gasteiger partial charge < -0.3 is 15.2 Å². The maximum Gasteiger partial charge on any atom is 0.240 e. The number of nitrogens with zero attached hydrogens (tertiary/aromatic N) is 2. The van der Waals surface area contributed by atoms with Gasteiger partial charge in [-0.1, -0.05) is 24.6 Å². The Bertz CT molecular complexity index is 687. The van der Waals surface area contributed by atoms with E-state index in [1.807, 2.05) is 42.0 Å². The van der Waals surface area contributed by atoms with E-state index in [1.54, 1.807) is 0 Å². The van der Waals surface area contributed by atoms with Crippen LogP contribution in [0.5, 0.6) is 0 Å². The molecule has 0 unspecified atom stereocenters. The van der Waals surface area contributed by atoms with Crippen molar-refractivity contribution < 1.29 is 4.79 Å². The highest BCUT2D eigenvalue weighted by Gasteiger charge is 2.11. The Morgan fingerprint density at radius 2 is 2.29 bits per heavy atom. The highest BCUT2D eigenvalue weighted by atomic mass is 35.5. The number of hydrogen-bond donors (Lipinski definition) is 2. The summed E-state index contributed by atoms with van der Waals surface area (Å²) in [5.74, 6) is -0.191. The highest BCUT2D eigenvalue weighted by molar-refractivity contribution is 6.31. The smallest absolute Gasteiger partial charge is 0.240 e. The largest absolute Gasteiger partial charge is 0.341 e. The van der Waals surface area contributed by atoms with Crippen LogP contribution in [0, 0.1) is 11.3 Å². The van der Waals surface area contributed by atoms with Crippen molar-refractivity contribution >= 4 is 28.4 Å². The molecular weight excluding hydrogens is 288 g/mol. The molecule has 0 saturated heterocycles. The average Bonchev–Trinajstić information content (AvgIpc) is 2.80. The van der Waals surface area contributed by atoms with Gasteiger partial charge in [-0.05, 0) is 24.2 Å². The standard InChI is InChI=1S/C15H17ClN4O/c1-2-18-8-11-9-20(10-15(21)19-6-5-17)14-7-12(16)3-4-13(11)14/h3-4,7,9,18H,2,6,8,10H2,1H3,(H,19,21). The van der Waals surface area contributed by atoms with Crippen molar-refractivity contribution in [1.82, 2.24) is 15.2 Å². The first kappa shape index (κ1) is 15.4. The van der Waals surface area contributed by atoms with Crippen LogP contribution in [0.3, 0.4) is 0 Å². The first-order valence-electron chi connectivity index (χ1n) is 6.77. The van der Waals surface area contributed by atoms with Crippen molar-refractivity contribution in [2.75, 3.05) is 13.1 Å². The van der Waals surface area contributed by atoms with Crippen LogP contribution < -0.4 is 10.6 Å². The highest BCUT2D eigenvalue weighted by Crippen LogP contribution is 2.24. The molecule has 0 aliphatic heterocycles. The van der Waals surface area contributed by atoms with E-state index in [-0.39, 0.29) is 19.0 Å². The molecular formula is C15H17ClN4O. The number of fused-ring (bicyclic) bond motifs is 1. The number of carbonyl (C=O) groups excluding carboxylic acids is 1. The summed E-state index contributed by atoms with van der Waals surface area (Å²) in [7, 11) is 0. The lowest BCUT2D eigenvalue weighted by Crippen LogP contribution is -2.27. The number of nitrogens with one attached hydrogen (secondary N) is 2. The molecule has 2 aromatic rings. The molecule has 1 heterocycles. The molecule has 1 aromatic carbocycles. The Labute approximate surface area is 128 Å². The van der Waals surface area contributed by atoms with Crippen LogP contribution in [0.1, 0.15) is 12.5 Å². The minimum absolute atomic E-state index is 0.0169. The van der Waals surface area contributed by atoms with E-state index in [9.17, 15) is 4.79 Å². The van der Waals surface area contributed by atoms with Gasteiger partial charge >= 0.3 is 0 Å². The van der Waals surface area contributed by atoms with E-state index in [2.05, 4.69) is 10.6 Å². The summed E-state index contributed by atoms with van der Waals surface area (Å²) in [5, 5.41) is 16.0. The number of carbonyl (C=O) groups is 1. The first-order valence-corrected chi connectivity index (χ1v) is 7.15. The normalized spacial score (nSPS) is 10.5. The van der Waals surface area contributed by atoms with E-state index in [1.165, 1.54) is 0 Å². The SMILES string of the molecule is CCNCc1cn(CC(=O)NCC#N)c2cc(Cl)ccc12. The Balaban J connectivity index is 2.31. The Hall–Kier alpha value is -2.03. The Morgan fingerprint density at radius 3 is 3.00 bits per heavy atom. The molecule has 0 bridgehead atoms. The fourth-order valence-corrected chi connectivity index (χ4v) is 2.39. The van der Waals surface area contributed by atoms with Crippen LogP contribution >= 0.6 is 11.6 Å². The van der Waals surface area contributed by atoms with Gasteiger partial charge in [0.2, 0.25) is 5.91 Å². The molecule has 6 heteroatoms. The number of nitriles is 1. The minimum Gasteiger partial charge on any atom is -0.341 e. The summed E-state index contributed by atoms with van der Waals surface area (Å²) >= 11 is 6.05. The van der Waals surface area contributed by atoms with E-state index in [0.29, 0.717) is 5.02 Å². The van der Waals surface area contributed by atoms with Crippen LogP contribution in [0.2, 0.25) is 5.02 Å². The third kappa shape index (κ3) is 3.75. The topological polar surface area (TPSA) is 69.8 Å². The second kappa shape index (κ2) is 7.11. The van der Waals surface area contributed by atoms with Gasteiger partial charge in [-0.25, -0.2) is 0 Å². The Morgan fingerprint density at radius 1 is 1.48 bits per heavy atom. The summed E-state index contributed by atoms with van der Waals surface area (Å²) < 4.78 is 1.86. The number of halogens is 1. The minimum atomic E-state index is -0.191. The molecule has 110 valence electrons. The van der Waals surface area contributed by atoms with Gasteiger partial charge in [0.15, 0.2) is 0 Å². The first-order chi connectivity index (χ1) is 10.2. The van der Waals surface area contributed by atoms with Gasteiger partial charge in [-0.2, -0.15) is 5.26 Å². The maximum absolute atomic E-state index is 11.8. The summed E-state index contributed by atoms with van der Waals surface area (Å²) in [6.07, 6.45) is 1.95. The van der Waals surface area contributed by atoms with Gasteiger partial charge in [-0.15, -0.1) is 0 Å². The zero-order valence-corrected chi connectivity index (χ0v) is 12.6. The van der Waals surface area contributed by atoms with Gasteiger partial charge in [-0.3, -0.25) is 4.79 Å². The van der Waals surface area contributed by atoms with Crippen molar-refractivity contribution in [3.8, 4) is 6.07 Å². The third-order valence-electron chi connectivity index (χ3n) is 3.17. The second-order valence-electron chi connectivity index (χ2n) is 4.66. The molecule has 2 rings (SSSR count). The molecule has 0 aliphatic carbocycles. The van der Waals surface area contributed by atoms with Crippen LogP contribution in [-0.4, -0.2) is 23.6 Å². The van der Waals surface area contributed by atoms with Crippen molar-refractivity contribution in [3.63, 3.8) is 0 Å². The summed E-state index contributed by atoms with van der Waals surface area (Å²) in [6, 6.07) is 7.56. The zero-order valence-electron chi connectivity index (χ0n) is 11.8. The number of amides is 1. The molecule has 0 radical (unpaired) electrons. The van der Waals surface area contributed by atoms with E-state index < -0.39 is 0 Å². The van der Waals surface area contributed by atoms with Gasteiger partial charge in [0.05, 0.1) is 11.6 Å². The number of aromatic nitrogens is 1. The average molecular weight is 305 g/mol. The molecule has 0 spiro atoms. The quantitative estimate of drug-likeness (QED) is 0.802. The summed E-state index contributed by atoms with van der Waals surface area (Å²) in [6.45, 7) is 3.85. The lowest BCUT2D eigenvalue weighted by atomic mass is 10.2. The third-order valence-corrected chi connectivity index (χ3v) is 3.41. The van der Waals surface area contributed by atoms with Gasteiger partial charge in [0, 0.05) is 23.2 Å². The number of rotatable bonds is 6. The van der Waals surface area contributed by atoms with E-state index in [4.69, 9.17) is 16.9 Å². The predicted molar refractivity (Wildman–Crippen MR) is 83.0 cm³/mol. The Kier molecular flexibility index (Phi) is 5.20. The lowest BCUT2D eigenvalue weighted by Gasteiger charge is -2.05. The van der Waals surface area contributed by atoms with Crippen molar-refractivity contribution in [1.29, 1.82) is 5.26 Å². The number of benzene rings is 1. The lowest BCUT2D eigenvalue weighted by molar-refractivity contribution is -0.121. The molecule has 1 amide bonds. The molecule has 5 nitrogen and oxygen atoms in total. The molecule has 0 aliphatic rings. The van der Waals surface area contributed by atoms with Crippen LogP contribution in [0.15, 0.2) is 24.4 Å². The van der Waals surface area contributed by atoms with Crippen molar-refractivity contribution in [2.24, 2.45) is 0 Å². The fraction of sp³-hybridized carbons (Fsp3) is 0.333. The predicted octanol–water partition coefficient (Wildman–Crippen LogP) is 2.04. The molecule has 21 heavy (non-hydrogen) atoms. The van der Waals surface area contributed by atoms with Crippen molar-refractivity contribution in [2.45, 2.75) is 20.0 Å².